The summed E-state index contributed by atoms with van der Waals surface area (Å²) in [6.07, 6.45) is 0. The monoisotopic (exact) mass is 343 g/mol. The first kappa shape index (κ1) is 17.6. The van der Waals surface area contributed by atoms with Gasteiger partial charge in [0.2, 0.25) is 0 Å². The number of rotatable bonds is 4. The van der Waals surface area contributed by atoms with Gasteiger partial charge >= 0.3 is 5.97 Å². The highest BCUT2D eigenvalue weighted by atomic mass is 16.6. The molecule has 25 heavy (non-hydrogen) atoms. The number of non-ortho nitro benzene ring substituents is 1. The Bertz CT molecular complexity index is 832. The average molecular weight is 343 g/mol. The molecular weight excluding hydrogens is 330 g/mol. The Morgan fingerprint density at radius 1 is 0.960 bits per heavy atom. The number of nitrogens with zero attached hydrogens (tertiary/aromatic N) is 1. The van der Waals surface area contributed by atoms with Gasteiger partial charge in [0.1, 0.15) is 5.75 Å². The zero-order valence-corrected chi connectivity index (χ0v) is 13.0. The zero-order valence-electron chi connectivity index (χ0n) is 13.0. The fourth-order valence-electron chi connectivity index (χ4n) is 1.86. The predicted octanol–water partition coefficient (Wildman–Crippen LogP) is 1.59. The van der Waals surface area contributed by atoms with Gasteiger partial charge in [-0.15, -0.1) is 0 Å². The predicted molar refractivity (Wildman–Crippen MR) is 85.8 cm³/mol. The van der Waals surface area contributed by atoms with Crippen LogP contribution in [0.15, 0.2) is 48.5 Å². The van der Waals surface area contributed by atoms with E-state index in [2.05, 4.69) is 10.9 Å². The van der Waals surface area contributed by atoms with Crippen LogP contribution < -0.4 is 15.6 Å². The van der Waals surface area contributed by atoms with E-state index in [4.69, 9.17) is 4.74 Å². The van der Waals surface area contributed by atoms with Crippen molar-refractivity contribution in [2.45, 2.75) is 6.92 Å². The van der Waals surface area contributed by atoms with Gasteiger partial charge in [-0.1, -0.05) is 6.07 Å². The molecule has 0 aliphatic rings. The quantitative estimate of drug-likeness (QED) is 0.375. The van der Waals surface area contributed by atoms with Crippen molar-refractivity contribution in [1.29, 1.82) is 0 Å². The van der Waals surface area contributed by atoms with Gasteiger partial charge in [0, 0.05) is 30.2 Å². The Labute approximate surface area is 141 Å². The van der Waals surface area contributed by atoms with E-state index in [-0.39, 0.29) is 22.6 Å². The molecule has 9 heteroatoms. The Hall–Kier alpha value is -3.75. The minimum Gasteiger partial charge on any atom is -0.427 e. The first-order chi connectivity index (χ1) is 11.9. The Morgan fingerprint density at radius 2 is 1.56 bits per heavy atom. The van der Waals surface area contributed by atoms with Gasteiger partial charge in [0.25, 0.3) is 17.5 Å². The summed E-state index contributed by atoms with van der Waals surface area (Å²) >= 11 is 0. The van der Waals surface area contributed by atoms with Crippen molar-refractivity contribution in [1.82, 2.24) is 10.9 Å². The van der Waals surface area contributed by atoms with Crippen LogP contribution in [0.3, 0.4) is 0 Å². The van der Waals surface area contributed by atoms with E-state index in [9.17, 15) is 24.5 Å². The van der Waals surface area contributed by atoms with E-state index in [0.29, 0.717) is 0 Å². The van der Waals surface area contributed by atoms with Gasteiger partial charge in [-0.2, -0.15) is 0 Å². The van der Waals surface area contributed by atoms with E-state index in [0.717, 1.165) is 6.07 Å². The standard InChI is InChI=1S/C16H13N3O6/c1-10(20)25-14-7-5-11(6-8-14)15(21)17-18-16(22)12-3-2-4-13(9-12)19(23)24/h2-9H,1H3,(H,17,21)(H,18,22). The third kappa shape index (κ3) is 4.86. The maximum absolute atomic E-state index is 11.9. The lowest BCUT2D eigenvalue weighted by Gasteiger charge is -2.08. The van der Waals surface area contributed by atoms with Crippen LogP contribution in [0.5, 0.6) is 5.75 Å². The molecule has 0 unspecified atom stereocenters. The summed E-state index contributed by atoms with van der Waals surface area (Å²) < 4.78 is 4.84. The van der Waals surface area contributed by atoms with Crippen molar-refractivity contribution in [3.05, 3.63) is 69.8 Å². The summed E-state index contributed by atoms with van der Waals surface area (Å²) in [6, 6.07) is 10.8. The van der Waals surface area contributed by atoms with Crippen LogP contribution in [0.4, 0.5) is 5.69 Å². The number of nitro groups is 1. The molecule has 0 saturated carbocycles. The van der Waals surface area contributed by atoms with Crippen molar-refractivity contribution in [3.63, 3.8) is 0 Å². The van der Waals surface area contributed by atoms with Gasteiger partial charge in [-0.3, -0.25) is 35.3 Å². The van der Waals surface area contributed by atoms with E-state index >= 15 is 0 Å². The van der Waals surface area contributed by atoms with Crippen molar-refractivity contribution in [2.75, 3.05) is 0 Å². The number of hydrogen-bond donors (Lipinski definition) is 2. The van der Waals surface area contributed by atoms with Gasteiger partial charge < -0.3 is 4.74 Å². The molecule has 0 aliphatic heterocycles. The molecule has 2 N–H and O–H groups in total. The maximum atomic E-state index is 11.9. The topological polar surface area (TPSA) is 128 Å². The smallest absolute Gasteiger partial charge is 0.308 e. The Kier molecular flexibility index (Phi) is 5.41. The number of carbonyl (C=O) groups is 3. The number of nitrogens with one attached hydrogen (secondary N) is 2. The van der Waals surface area contributed by atoms with E-state index in [1.54, 1.807) is 0 Å². The molecule has 0 atom stereocenters. The molecule has 0 radical (unpaired) electrons. The van der Waals surface area contributed by atoms with Crippen LogP contribution in [0.2, 0.25) is 0 Å². The molecule has 128 valence electrons. The number of hydrazine groups is 1. The summed E-state index contributed by atoms with van der Waals surface area (Å²) in [4.78, 5) is 44.8. The Balaban J connectivity index is 1.97. The van der Waals surface area contributed by atoms with Crippen molar-refractivity contribution < 1.29 is 24.0 Å². The molecule has 0 aromatic heterocycles. The van der Waals surface area contributed by atoms with Crippen molar-refractivity contribution in [3.8, 4) is 5.75 Å². The molecule has 2 amide bonds. The van der Waals surface area contributed by atoms with Gasteiger partial charge in [-0.05, 0) is 30.3 Å². The van der Waals surface area contributed by atoms with Crippen LogP contribution in [-0.2, 0) is 4.79 Å². The van der Waals surface area contributed by atoms with E-state index < -0.39 is 22.7 Å². The lowest BCUT2D eigenvalue weighted by Crippen LogP contribution is -2.41. The molecule has 0 heterocycles. The third-order valence-electron chi connectivity index (χ3n) is 2.99. The minimum atomic E-state index is -0.700. The molecular formula is C16H13N3O6. The van der Waals surface area contributed by atoms with Crippen LogP contribution in [-0.4, -0.2) is 22.7 Å². The second-order valence-electron chi connectivity index (χ2n) is 4.83. The molecule has 0 saturated heterocycles. The number of benzene rings is 2. The molecule has 2 rings (SSSR count). The number of nitro benzene ring substituents is 1. The molecule has 9 nitrogen and oxygen atoms in total. The maximum Gasteiger partial charge on any atom is 0.308 e. The van der Waals surface area contributed by atoms with Gasteiger partial charge in [0.15, 0.2) is 0 Å². The molecule has 0 spiro atoms. The molecule has 0 aliphatic carbocycles. The zero-order chi connectivity index (χ0) is 18.4. The third-order valence-corrected chi connectivity index (χ3v) is 2.99. The highest BCUT2D eigenvalue weighted by Crippen LogP contribution is 2.13. The fraction of sp³-hybridized carbons (Fsp3) is 0.0625. The normalized spacial score (nSPS) is 9.80. The van der Waals surface area contributed by atoms with Crippen LogP contribution in [0, 0.1) is 10.1 Å². The number of ether oxygens (including phenoxy) is 1. The second-order valence-corrected chi connectivity index (χ2v) is 4.83. The fourth-order valence-corrected chi connectivity index (χ4v) is 1.86. The van der Waals surface area contributed by atoms with E-state index in [1.165, 1.54) is 49.4 Å². The molecule has 0 fully saturated rings. The lowest BCUT2D eigenvalue weighted by molar-refractivity contribution is -0.384. The van der Waals surface area contributed by atoms with Crippen molar-refractivity contribution >= 4 is 23.5 Å². The van der Waals surface area contributed by atoms with E-state index in [1.807, 2.05) is 0 Å². The Morgan fingerprint density at radius 3 is 2.12 bits per heavy atom. The summed E-state index contributed by atoms with van der Waals surface area (Å²) in [6.45, 7) is 1.25. The number of amides is 2. The highest BCUT2D eigenvalue weighted by molar-refractivity contribution is 5.99. The summed E-state index contributed by atoms with van der Waals surface area (Å²) in [5.74, 6) is -1.51. The first-order valence-electron chi connectivity index (χ1n) is 7.00. The summed E-state index contributed by atoms with van der Waals surface area (Å²) in [5, 5.41) is 10.7. The summed E-state index contributed by atoms with van der Waals surface area (Å²) in [5.41, 5.74) is 4.36. The lowest BCUT2D eigenvalue weighted by atomic mass is 10.2. The highest BCUT2D eigenvalue weighted by Gasteiger charge is 2.13. The SMILES string of the molecule is CC(=O)Oc1ccc(C(=O)NNC(=O)c2cccc([N+](=O)[O-])c2)cc1. The second kappa shape index (κ2) is 7.68. The molecule has 2 aromatic rings. The molecule has 0 bridgehead atoms. The molecule has 2 aromatic carbocycles. The largest absolute Gasteiger partial charge is 0.427 e. The van der Waals surface area contributed by atoms with Gasteiger partial charge in [0.05, 0.1) is 4.92 Å². The number of hydrogen-bond acceptors (Lipinski definition) is 6. The van der Waals surface area contributed by atoms with Gasteiger partial charge in [-0.25, -0.2) is 0 Å². The number of carbonyl (C=O) groups excluding carboxylic acids is 3. The van der Waals surface area contributed by atoms with Crippen LogP contribution in [0.1, 0.15) is 27.6 Å². The first-order valence-corrected chi connectivity index (χ1v) is 7.00. The van der Waals surface area contributed by atoms with Crippen molar-refractivity contribution in [2.24, 2.45) is 0 Å². The minimum absolute atomic E-state index is 0.0275. The van der Waals surface area contributed by atoms with Crippen LogP contribution in [0.25, 0.3) is 0 Å². The average Bonchev–Trinajstić information content (AvgIpc) is 2.59. The van der Waals surface area contributed by atoms with Crippen LogP contribution >= 0.6 is 0 Å². The number of esters is 1. The summed E-state index contributed by atoms with van der Waals surface area (Å²) in [7, 11) is 0.